The lowest BCUT2D eigenvalue weighted by atomic mass is 9.95. The molecule has 2 atom stereocenters. The van der Waals surface area contributed by atoms with Crippen molar-refractivity contribution in [3.8, 4) is 0 Å². The zero-order chi connectivity index (χ0) is 24.0. The molecular weight excluding hydrogens is 426 g/mol. The average molecular weight is 464 g/mol. The Morgan fingerprint density at radius 1 is 0.848 bits per heavy atom. The van der Waals surface area contributed by atoms with Crippen LogP contribution in [0, 0.1) is 5.92 Å². The van der Waals surface area contributed by atoms with Crippen LogP contribution in [0.1, 0.15) is 71.6 Å². The summed E-state index contributed by atoms with van der Waals surface area (Å²) in [6, 6.07) is -1.65. The second-order valence-corrected chi connectivity index (χ2v) is 9.75. The van der Waals surface area contributed by atoms with Gasteiger partial charge in [-0.1, -0.05) is 33.1 Å². The highest BCUT2D eigenvalue weighted by atomic mass is 16.2. The van der Waals surface area contributed by atoms with Crippen molar-refractivity contribution in [1.82, 2.24) is 26.2 Å². The quantitative estimate of drug-likeness (QED) is 0.371. The van der Waals surface area contributed by atoms with Crippen molar-refractivity contribution in [2.45, 2.75) is 95.8 Å². The number of hydrogen-bond acceptors (Lipinski definition) is 5. The molecule has 184 valence electrons. The molecule has 5 amide bonds. The van der Waals surface area contributed by atoms with Crippen LogP contribution >= 0.6 is 0 Å². The van der Waals surface area contributed by atoms with E-state index in [-0.39, 0.29) is 29.9 Å². The van der Waals surface area contributed by atoms with Gasteiger partial charge < -0.3 is 26.2 Å². The third-order valence-electron chi connectivity index (χ3n) is 6.59. The fourth-order valence-electron chi connectivity index (χ4n) is 4.47. The van der Waals surface area contributed by atoms with Crippen LogP contribution in [0.2, 0.25) is 0 Å². The molecule has 3 aliphatic rings. The molecule has 0 radical (unpaired) electrons. The molecule has 0 aromatic carbocycles. The minimum Gasteiger partial charge on any atom is -0.347 e. The maximum Gasteiger partial charge on any atom is 0.315 e. The largest absolute Gasteiger partial charge is 0.347 e. The highest BCUT2D eigenvalue weighted by molar-refractivity contribution is 6.37. The Morgan fingerprint density at radius 2 is 1.52 bits per heavy atom. The first-order valence-corrected chi connectivity index (χ1v) is 12.2. The average Bonchev–Trinajstić information content (AvgIpc) is 3.46. The van der Waals surface area contributed by atoms with Crippen LogP contribution in [0.5, 0.6) is 0 Å². The van der Waals surface area contributed by atoms with E-state index in [1.807, 2.05) is 13.8 Å². The van der Waals surface area contributed by atoms with Gasteiger partial charge in [-0.15, -0.1) is 0 Å². The van der Waals surface area contributed by atoms with E-state index < -0.39 is 36.2 Å². The number of urea groups is 1. The smallest absolute Gasteiger partial charge is 0.315 e. The van der Waals surface area contributed by atoms with E-state index in [0.717, 1.165) is 38.5 Å². The van der Waals surface area contributed by atoms with Gasteiger partial charge in [-0.25, -0.2) is 4.79 Å². The van der Waals surface area contributed by atoms with Crippen molar-refractivity contribution in [2.75, 3.05) is 13.1 Å². The molecule has 2 unspecified atom stereocenters. The predicted molar refractivity (Wildman–Crippen MR) is 121 cm³/mol. The number of carbonyl (C=O) groups excluding carboxylic acids is 5. The molecule has 1 saturated heterocycles. The van der Waals surface area contributed by atoms with Gasteiger partial charge in [-0.2, -0.15) is 0 Å². The molecule has 0 bridgehead atoms. The second kappa shape index (κ2) is 11.5. The zero-order valence-electron chi connectivity index (χ0n) is 19.7. The van der Waals surface area contributed by atoms with Crippen LogP contribution in [0.15, 0.2) is 0 Å². The van der Waals surface area contributed by atoms with Crippen molar-refractivity contribution in [2.24, 2.45) is 5.92 Å². The molecule has 10 heteroatoms. The molecular formula is C23H37N5O5. The predicted octanol–water partition coefficient (Wildman–Crippen LogP) is 0.598. The van der Waals surface area contributed by atoms with Crippen molar-refractivity contribution < 1.29 is 24.0 Å². The van der Waals surface area contributed by atoms with Crippen LogP contribution in [0.4, 0.5) is 4.79 Å². The molecule has 0 spiro atoms. The van der Waals surface area contributed by atoms with E-state index in [4.69, 9.17) is 0 Å². The minimum atomic E-state index is -0.757. The third kappa shape index (κ3) is 7.17. The number of amides is 5. The standard InChI is InChI=1S/C23H37N5O5/c1-14(2)19(27-23(33)26-15-7-4-3-5-8-15)22(32)28-12-6-9-17(28)20(30)24-13-18(29)21(31)25-16-10-11-16/h14-17,19H,3-13H2,1-2H3,(H,24,30)(H,25,31)(H2,26,27,33). The number of Topliss-reactive ketones (excluding diaryl/α,β-unsaturated/α-hetero) is 1. The third-order valence-corrected chi connectivity index (χ3v) is 6.59. The van der Waals surface area contributed by atoms with Crippen LogP contribution in [-0.2, 0) is 19.2 Å². The van der Waals surface area contributed by atoms with Gasteiger partial charge in [-0.3, -0.25) is 19.2 Å². The van der Waals surface area contributed by atoms with Crippen LogP contribution in [0.25, 0.3) is 0 Å². The fourth-order valence-corrected chi connectivity index (χ4v) is 4.47. The van der Waals surface area contributed by atoms with Gasteiger partial charge >= 0.3 is 6.03 Å². The van der Waals surface area contributed by atoms with Gasteiger partial charge in [-0.05, 0) is 44.4 Å². The molecule has 2 aliphatic carbocycles. The summed E-state index contributed by atoms with van der Waals surface area (Å²) in [6.07, 6.45) is 8.11. The topological polar surface area (TPSA) is 137 Å². The van der Waals surface area contributed by atoms with Gasteiger partial charge in [0.15, 0.2) is 0 Å². The Bertz CT molecular complexity index is 760. The summed E-state index contributed by atoms with van der Waals surface area (Å²) >= 11 is 0. The lowest BCUT2D eigenvalue weighted by Gasteiger charge is -2.31. The minimum absolute atomic E-state index is 0.0656. The van der Waals surface area contributed by atoms with Crippen molar-refractivity contribution >= 4 is 29.5 Å². The summed E-state index contributed by atoms with van der Waals surface area (Å²) in [5.74, 6) is -2.31. The summed E-state index contributed by atoms with van der Waals surface area (Å²) in [5.41, 5.74) is 0. The first-order valence-electron chi connectivity index (χ1n) is 12.2. The lowest BCUT2D eigenvalue weighted by molar-refractivity contribution is -0.141. The fraction of sp³-hybridized carbons (Fsp3) is 0.783. The highest BCUT2D eigenvalue weighted by Gasteiger charge is 2.39. The monoisotopic (exact) mass is 463 g/mol. The van der Waals surface area contributed by atoms with Gasteiger partial charge in [0.1, 0.15) is 12.1 Å². The Labute approximate surface area is 195 Å². The lowest BCUT2D eigenvalue weighted by Crippen LogP contribution is -2.57. The van der Waals surface area contributed by atoms with Gasteiger partial charge in [0.25, 0.3) is 5.91 Å². The van der Waals surface area contributed by atoms with E-state index in [0.29, 0.717) is 19.4 Å². The van der Waals surface area contributed by atoms with E-state index in [1.54, 1.807) is 0 Å². The summed E-state index contributed by atoms with van der Waals surface area (Å²) in [5, 5.41) is 10.9. The van der Waals surface area contributed by atoms with E-state index in [9.17, 15) is 24.0 Å². The molecule has 4 N–H and O–H groups in total. The van der Waals surface area contributed by atoms with E-state index in [2.05, 4.69) is 21.3 Å². The Hall–Kier alpha value is -2.65. The summed E-state index contributed by atoms with van der Waals surface area (Å²) in [6.45, 7) is 3.71. The Kier molecular flexibility index (Phi) is 8.68. The second-order valence-electron chi connectivity index (χ2n) is 9.75. The Balaban J connectivity index is 1.52. The number of nitrogens with zero attached hydrogens (tertiary/aromatic N) is 1. The SMILES string of the molecule is CC(C)C(NC(=O)NC1CCCCC1)C(=O)N1CCCC1C(=O)NCC(=O)C(=O)NC1CC1. The summed E-state index contributed by atoms with van der Waals surface area (Å²) in [7, 11) is 0. The van der Waals surface area contributed by atoms with Crippen LogP contribution in [0.3, 0.4) is 0 Å². The summed E-state index contributed by atoms with van der Waals surface area (Å²) in [4.78, 5) is 63.8. The molecule has 3 fully saturated rings. The van der Waals surface area contributed by atoms with E-state index in [1.165, 1.54) is 11.3 Å². The number of hydrogen-bond donors (Lipinski definition) is 4. The van der Waals surface area contributed by atoms with Crippen molar-refractivity contribution in [3.05, 3.63) is 0 Å². The van der Waals surface area contributed by atoms with Gasteiger partial charge in [0.2, 0.25) is 17.6 Å². The van der Waals surface area contributed by atoms with Crippen LogP contribution in [-0.4, -0.2) is 71.7 Å². The maximum atomic E-state index is 13.3. The zero-order valence-corrected chi connectivity index (χ0v) is 19.7. The molecule has 3 rings (SSSR count). The van der Waals surface area contributed by atoms with Crippen molar-refractivity contribution in [3.63, 3.8) is 0 Å². The molecule has 1 aliphatic heterocycles. The molecule has 1 heterocycles. The van der Waals surface area contributed by atoms with Gasteiger partial charge in [0.05, 0.1) is 6.54 Å². The van der Waals surface area contributed by atoms with Gasteiger partial charge in [0, 0.05) is 18.6 Å². The first kappa shape index (κ1) is 25.0. The number of rotatable bonds is 9. The van der Waals surface area contributed by atoms with Crippen LogP contribution < -0.4 is 21.3 Å². The highest BCUT2D eigenvalue weighted by Crippen LogP contribution is 2.21. The van der Waals surface area contributed by atoms with E-state index >= 15 is 0 Å². The van der Waals surface area contributed by atoms with Crippen molar-refractivity contribution in [1.29, 1.82) is 0 Å². The molecule has 0 aromatic rings. The molecule has 0 aromatic heterocycles. The number of likely N-dealkylation sites (tertiary alicyclic amines) is 1. The first-order chi connectivity index (χ1) is 15.8. The number of carbonyl (C=O) groups is 5. The summed E-state index contributed by atoms with van der Waals surface area (Å²) < 4.78 is 0. The maximum absolute atomic E-state index is 13.3. The molecule has 33 heavy (non-hydrogen) atoms. The number of nitrogens with one attached hydrogen (secondary N) is 4. The normalized spacial score (nSPS) is 21.9. The molecule has 10 nitrogen and oxygen atoms in total. The molecule has 2 saturated carbocycles. The number of ketones is 1. The Morgan fingerprint density at radius 3 is 2.15 bits per heavy atom.